The van der Waals surface area contributed by atoms with Gasteiger partial charge in [-0.25, -0.2) is 0 Å². The van der Waals surface area contributed by atoms with Crippen LogP contribution in [0.1, 0.15) is 5.56 Å². The normalized spacial score (nSPS) is 10.6. The molecular formula is C9H11BrF3Zn. The molecule has 0 heterocycles. The molecule has 1 rings (SSSR count). The first-order valence-corrected chi connectivity index (χ1v) is 10.9. The van der Waals surface area contributed by atoms with Crippen LogP contribution in [0.25, 0.3) is 0 Å². The van der Waals surface area contributed by atoms with E-state index in [4.69, 9.17) is 0 Å². The predicted molar refractivity (Wildman–Crippen MR) is 52.4 cm³/mol. The molecule has 14 heavy (non-hydrogen) atoms. The van der Waals surface area contributed by atoms with Gasteiger partial charge in [-0.2, -0.15) is 0 Å². The van der Waals surface area contributed by atoms with Gasteiger partial charge in [0, 0.05) is 0 Å². The molecule has 5 heteroatoms. The van der Waals surface area contributed by atoms with Gasteiger partial charge in [-0.05, 0) is 0 Å². The maximum atomic E-state index is 12.2. The Morgan fingerprint density at radius 2 is 1.64 bits per heavy atom. The molecule has 0 aromatic heterocycles. The van der Waals surface area contributed by atoms with Crippen molar-refractivity contribution in [3.05, 3.63) is 35.9 Å². The molecule has 0 aliphatic carbocycles. The van der Waals surface area contributed by atoms with Crippen LogP contribution in [0.5, 0.6) is 0 Å². The Morgan fingerprint density at radius 1 is 1.14 bits per heavy atom. The summed E-state index contributed by atoms with van der Waals surface area (Å²) in [6.07, 6.45) is 0. The fourth-order valence-corrected chi connectivity index (χ4v) is 4.33. The van der Waals surface area contributed by atoms with Gasteiger partial charge in [0.1, 0.15) is 0 Å². The fraction of sp³-hybridized carbons (Fsp3) is 0.333. The Labute approximate surface area is 97.2 Å². The average molecular weight is 321 g/mol. The average Bonchev–Trinajstić information content (AvgIpc) is 2.04. The van der Waals surface area contributed by atoms with E-state index in [1.54, 1.807) is 24.3 Å². The van der Waals surface area contributed by atoms with Gasteiger partial charge in [-0.1, -0.05) is 0 Å². The number of hydrogen-bond donors (Lipinski definition) is 0. The number of halogens is 4. The Hall–Kier alpha value is 0.113. The topological polar surface area (TPSA) is 0 Å². The molecule has 77 valence electrons. The third kappa shape index (κ3) is 4.56. The van der Waals surface area contributed by atoms with E-state index in [2.05, 4.69) is 0 Å². The van der Waals surface area contributed by atoms with Gasteiger partial charge in [-0.3, -0.25) is 0 Å². The van der Waals surface area contributed by atoms with Crippen LogP contribution >= 0.6 is 17.0 Å². The Balaban J connectivity index is 0.00000169. The molecule has 0 amide bonds. The summed E-state index contributed by atoms with van der Waals surface area (Å²) in [5.41, 5.74) is 2.23. The number of alkyl halides is 3. The SMILES string of the molecule is Br.[CH3][Zn]([CH2]c1ccccc1)[C](F)(F)F. The van der Waals surface area contributed by atoms with Crippen molar-refractivity contribution in [3.8, 4) is 0 Å². The summed E-state index contributed by atoms with van der Waals surface area (Å²) in [6.45, 7) is 0. The molecule has 0 radical (unpaired) electrons. The summed E-state index contributed by atoms with van der Waals surface area (Å²) >= 11 is -3.29. The minimum atomic E-state index is -3.88. The number of rotatable bonds is 2. The van der Waals surface area contributed by atoms with Crippen molar-refractivity contribution in [2.75, 3.05) is 0 Å². The number of benzene rings is 1. The summed E-state index contributed by atoms with van der Waals surface area (Å²) in [5.74, 6) is 0. The molecule has 0 nitrogen and oxygen atoms in total. The van der Waals surface area contributed by atoms with Crippen molar-refractivity contribution >= 4 is 17.0 Å². The van der Waals surface area contributed by atoms with Crippen molar-refractivity contribution in [1.29, 1.82) is 0 Å². The third-order valence-corrected chi connectivity index (χ3v) is 7.85. The van der Waals surface area contributed by atoms with E-state index < -0.39 is 20.7 Å². The van der Waals surface area contributed by atoms with Crippen molar-refractivity contribution in [1.82, 2.24) is 0 Å². The first-order valence-electron chi connectivity index (χ1n) is 4.39. The molecule has 0 aliphatic rings. The van der Waals surface area contributed by atoms with Crippen LogP contribution in [0, 0.1) is 0 Å². The van der Waals surface area contributed by atoms with Crippen LogP contribution in [-0.2, 0) is 21.0 Å². The number of hydrogen-bond acceptors (Lipinski definition) is 0. The van der Waals surface area contributed by atoms with Gasteiger partial charge in [-0.15, -0.1) is 17.0 Å². The first kappa shape index (κ1) is 14.1. The minimum absolute atomic E-state index is 0. The molecule has 0 N–H and O–H groups in total. The van der Waals surface area contributed by atoms with Crippen LogP contribution in [0.2, 0.25) is 5.52 Å². The Kier molecular flexibility index (Phi) is 5.91. The molecule has 1 aromatic carbocycles. The summed E-state index contributed by atoms with van der Waals surface area (Å²) in [7, 11) is 0. The second kappa shape index (κ2) is 5.86. The molecule has 1 aromatic rings. The standard InChI is InChI=1S/C7H7.CF3.CH3.BrH.Zn/c1-7-5-3-2-4-6-7;2-1(3)4;;;/h2-6H,1H2;;1H3;1H;. The van der Waals surface area contributed by atoms with Crippen LogP contribution in [-0.4, -0.2) is 4.77 Å². The van der Waals surface area contributed by atoms with Crippen LogP contribution in [0.3, 0.4) is 0 Å². The second-order valence-corrected chi connectivity index (χ2v) is 10.8. The first-order chi connectivity index (χ1) is 6.00. The molecule has 0 spiro atoms. The van der Waals surface area contributed by atoms with E-state index in [0.717, 1.165) is 5.56 Å². The van der Waals surface area contributed by atoms with Crippen LogP contribution in [0.15, 0.2) is 30.3 Å². The van der Waals surface area contributed by atoms with E-state index in [-0.39, 0.29) is 22.0 Å². The monoisotopic (exact) mass is 319 g/mol. The quantitative estimate of drug-likeness (QED) is 0.724. The molecule has 0 aliphatic heterocycles. The van der Waals surface area contributed by atoms with Crippen molar-refractivity contribution in [2.24, 2.45) is 0 Å². The van der Waals surface area contributed by atoms with E-state index in [1.807, 2.05) is 6.07 Å². The Bertz CT molecular complexity index is 261. The predicted octanol–water partition coefficient (Wildman–Crippen LogP) is 3.95. The second-order valence-electron chi connectivity index (χ2n) is 3.45. The summed E-state index contributed by atoms with van der Waals surface area (Å²) in [6, 6.07) is 8.91. The summed E-state index contributed by atoms with van der Waals surface area (Å²) in [5, 5.41) is 0.268. The van der Waals surface area contributed by atoms with Crippen molar-refractivity contribution in [3.63, 3.8) is 0 Å². The molecule has 0 saturated heterocycles. The fourth-order valence-electron chi connectivity index (χ4n) is 1.22. The zero-order valence-corrected chi connectivity index (χ0v) is 12.5. The van der Waals surface area contributed by atoms with Crippen molar-refractivity contribution in [2.45, 2.75) is 15.3 Å². The summed E-state index contributed by atoms with van der Waals surface area (Å²) < 4.78 is 32.8. The molecule has 0 bridgehead atoms. The van der Waals surface area contributed by atoms with Gasteiger partial charge in [0.05, 0.1) is 0 Å². The van der Waals surface area contributed by atoms with E-state index in [0.29, 0.717) is 0 Å². The zero-order chi connectivity index (χ0) is 9.90. The van der Waals surface area contributed by atoms with Gasteiger partial charge < -0.3 is 0 Å². The van der Waals surface area contributed by atoms with Gasteiger partial charge in [0.15, 0.2) is 0 Å². The maximum absolute atomic E-state index is 12.2. The molecular weight excluding hydrogens is 310 g/mol. The third-order valence-electron chi connectivity index (χ3n) is 2.19. The van der Waals surface area contributed by atoms with E-state index >= 15 is 0 Å². The van der Waals surface area contributed by atoms with E-state index in [9.17, 15) is 13.2 Å². The molecule has 0 atom stereocenters. The molecule has 0 unspecified atom stereocenters. The van der Waals surface area contributed by atoms with Crippen LogP contribution < -0.4 is 0 Å². The molecule has 0 saturated carbocycles. The van der Waals surface area contributed by atoms with Crippen molar-refractivity contribution < 1.29 is 29.1 Å². The van der Waals surface area contributed by atoms with Gasteiger partial charge >= 0.3 is 80.3 Å². The Morgan fingerprint density at radius 3 is 2.07 bits per heavy atom. The van der Waals surface area contributed by atoms with Gasteiger partial charge in [0.25, 0.3) is 0 Å². The van der Waals surface area contributed by atoms with Gasteiger partial charge in [0.2, 0.25) is 0 Å². The zero-order valence-electron chi connectivity index (χ0n) is 7.84. The summed E-state index contributed by atoms with van der Waals surface area (Å²) in [4.78, 5) is 0. The van der Waals surface area contributed by atoms with Crippen LogP contribution in [0.4, 0.5) is 13.2 Å². The van der Waals surface area contributed by atoms with E-state index in [1.165, 1.54) is 5.52 Å². The molecule has 0 fully saturated rings.